The molecule has 0 saturated heterocycles. The van der Waals surface area contributed by atoms with Gasteiger partial charge < -0.3 is 5.32 Å². The first-order valence-electron chi connectivity index (χ1n) is 5.95. The molecule has 0 saturated carbocycles. The minimum Gasteiger partial charge on any atom is -0.308 e. The van der Waals surface area contributed by atoms with Gasteiger partial charge in [-0.15, -0.1) is 10.2 Å². The maximum Gasteiger partial charge on any atom is 0.147 e. The molecule has 0 spiro atoms. The summed E-state index contributed by atoms with van der Waals surface area (Å²) in [5.41, 5.74) is 2.10. The quantitative estimate of drug-likeness (QED) is 0.925. The van der Waals surface area contributed by atoms with Crippen molar-refractivity contribution in [2.75, 3.05) is 6.54 Å². The lowest BCUT2D eigenvalue weighted by Gasteiger charge is -2.06. The first-order chi connectivity index (χ1) is 8.61. The highest BCUT2D eigenvalue weighted by atomic mass is 35.5. The summed E-state index contributed by atoms with van der Waals surface area (Å²) in [4.78, 5) is 0. The SMILES string of the molecule is CCNC(C)c1nnc(-c2ccc(C)c(Cl)c2)s1. The number of halogens is 1. The van der Waals surface area contributed by atoms with Crippen molar-refractivity contribution in [3.8, 4) is 10.6 Å². The van der Waals surface area contributed by atoms with Gasteiger partial charge in [0.15, 0.2) is 0 Å². The van der Waals surface area contributed by atoms with Crippen LogP contribution in [0.15, 0.2) is 18.2 Å². The number of benzene rings is 1. The lowest BCUT2D eigenvalue weighted by atomic mass is 10.2. The third-order valence-corrected chi connectivity index (χ3v) is 4.30. The molecule has 1 unspecified atom stereocenters. The molecule has 1 aromatic carbocycles. The molecule has 18 heavy (non-hydrogen) atoms. The zero-order valence-electron chi connectivity index (χ0n) is 10.7. The molecule has 0 amide bonds. The summed E-state index contributed by atoms with van der Waals surface area (Å²) >= 11 is 7.73. The number of hydrogen-bond acceptors (Lipinski definition) is 4. The van der Waals surface area contributed by atoms with Crippen LogP contribution in [-0.4, -0.2) is 16.7 Å². The molecule has 0 radical (unpaired) electrons. The first kappa shape index (κ1) is 13.5. The Balaban J connectivity index is 2.26. The van der Waals surface area contributed by atoms with Gasteiger partial charge in [0.1, 0.15) is 10.0 Å². The summed E-state index contributed by atoms with van der Waals surface area (Å²) in [6.45, 7) is 7.09. The topological polar surface area (TPSA) is 37.8 Å². The van der Waals surface area contributed by atoms with E-state index < -0.39 is 0 Å². The van der Waals surface area contributed by atoms with Gasteiger partial charge in [0, 0.05) is 10.6 Å². The minimum atomic E-state index is 0.238. The predicted octanol–water partition coefficient (Wildman–Crippen LogP) is 3.84. The third-order valence-electron chi connectivity index (χ3n) is 2.74. The van der Waals surface area contributed by atoms with Gasteiger partial charge in [-0.1, -0.05) is 42.0 Å². The van der Waals surface area contributed by atoms with Crippen LogP contribution in [0.4, 0.5) is 0 Å². The highest BCUT2D eigenvalue weighted by Crippen LogP contribution is 2.29. The van der Waals surface area contributed by atoms with Crippen LogP contribution in [0, 0.1) is 6.92 Å². The summed E-state index contributed by atoms with van der Waals surface area (Å²) < 4.78 is 0. The Morgan fingerprint density at radius 2 is 2.17 bits per heavy atom. The Kier molecular flexibility index (Phi) is 4.32. The van der Waals surface area contributed by atoms with Gasteiger partial charge in [0.25, 0.3) is 0 Å². The summed E-state index contributed by atoms with van der Waals surface area (Å²) in [5, 5.41) is 14.5. The van der Waals surface area contributed by atoms with Gasteiger partial charge in [0.05, 0.1) is 6.04 Å². The summed E-state index contributed by atoms with van der Waals surface area (Å²) in [6.07, 6.45) is 0. The van der Waals surface area contributed by atoms with Crippen LogP contribution in [-0.2, 0) is 0 Å². The number of aryl methyl sites for hydroxylation is 1. The first-order valence-corrected chi connectivity index (χ1v) is 7.14. The van der Waals surface area contributed by atoms with Crippen molar-refractivity contribution in [3.63, 3.8) is 0 Å². The summed E-state index contributed by atoms with van der Waals surface area (Å²) in [7, 11) is 0. The normalized spacial score (nSPS) is 12.7. The molecule has 5 heteroatoms. The molecule has 96 valence electrons. The van der Waals surface area contributed by atoms with E-state index in [0.29, 0.717) is 0 Å². The number of rotatable bonds is 4. The Morgan fingerprint density at radius 1 is 1.39 bits per heavy atom. The summed E-state index contributed by atoms with van der Waals surface area (Å²) in [6, 6.07) is 6.22. The van der Waals surface area contributed by atoms with E-state index in [4.69, 9.17) is 11.6 Å². The molecule has 1 N–H and O–H groups in total. The number of hydrogen-bond donors (Lipinski definition) is 1. The van der Waals surface area contributed by atoms with Crippen molar-refractivity contribution in [2.45, 2.75) is 26.8 Å². The van der Waals surface area contributed by atoms with E-state index in [1.807, 2.05) is 25.1 Å². The van der Waals surface area contributed by atoms with Gasteiger partial charge in [-0.2, -0.15) is 0 Å². The van der Waals surface area contributed by atoms with E-state index in [-0.39, 0.29) is 6.04 Å². The average Bonchev–Trinajstić information content (AvgIpc) is 2.82. The van der Waals surface area contributed by atoms with E-state index in [1.165, 1.54) is 0 Å². The molecule has 0 aliphatic rings. The lowest BCUT2D eigenvalue weighted by Crippen LogP contribution is -2.17. The minimum absolute atomic E-state index is 0.238. The molecular formula is C13H16ClN3S. The van der Waals surface area contributed by atoms with Crippen LogP contribution in [0.3, 0.4) is 0 Å². The average molecular weight is 282 g/mol. The largest absolute Gasteiger partial charge is 0.308 e. The number of nitrogens with zero attached hydrogens (tertiary/aromatic N) is 2. The van der Waals surface area contributed by atoms with E-state index in [1.54, 1.807) is 11.3 Å². The van der Waals surface area contributed by atoms with E-state index in [0.717, 1.165) is 32.7 Å². The highest BCUT2D eigenvalue weighted by Gasteiger charge is 2.12. The second kappa shape index (κ2) is 5.78. The van der Waals surface area contributed by atoms with E-state index in [2.05, 4.69) is 29.4 Å². The zero-order valence-corrected chi connectivity index (χ0v) is 12.3. The lowest BCUT2D eigenvalue weighted by molar-refractivity contribution is 0.590. The molecule has 0 bridgehead atoms. The second-order valence-corrected chi connectivity index (χ2v) is 5.61. The Hall–Kier alpha value is -0.970. The monoisotopic (exact) mass is 281 g/mol. The third kappa shape index (κ3) is 2.88. The van der Waals surface area contributed by atoms with Gasteiger partial charge >= 0.3 is 0 Å². The van der Waals surface area contributed by atoms with Gasteiger partial charge in [-0.05, 0) is 32.0 Å². The van der Waals surface area contributed by atoms with Crippen molar-refractivity contribution < 1.29 is 0 Å². The summed E-state index contributed by atoms with van der Waals surface area (Å²) in [5.74, 6) is 0. The van der Waals surface area contributed by atoms with Gasteiger partial charge in [-0.25, -0.2) is 0 Å². The zero-order chi connectivity index (χ0) is 13.1. The van der Waals surface area contributed by atoms with E-state index in [9.17, 15) is 0 Å². The molecule has 2 aromatic rings. The molecule has 0 aliphatic carbocycles. The Bertz CT molecular complexity index is 539. The van der Waals surface area contributed by atoms with Crippen molar-refractivity contribution in [2.24, 2.45) is 0 Å². The fourth-order valence-corrected chi connectivity index (χ4v) is 2.69. The van der Waals surface area contributed by atoms with Crippen molar-refractivity contribution in [3.05, 3.63) is 33.8 Å². The maximum atomic E-state index is 6.13. The molecule has 0 fully saturated rings. The number of nitrogens with one attached hydrogen (secondary N) is 1. The second-order valence-electron chi connectivity index (χ2n) is 4.19. The van der Waals surface area contributed by atoms with Crippen molar-refractivity contribution in [1.29, 1.82) is 0 Å². The van der Waals surface area contributed by atoms with Gasteiger partial charge in [0.2, 0.25) is 0 Å². The van der Waals surface area contributed by atoms with Crippen molar-refractivity contribution >= 4 is 22.9 Å². The molecular weight excluding hydrogens is 266 g/mol. The predicted molar refractivity (Wildman–Crippen MR) is 77.2 cm³/mol. The highest BCUT2D eigenvalue weighted by molar-refractivity contribution is 7.14. The molecule has 1 aromatic heterocycles. The number of aromatic nitrogens is 2. The van der Waals surface area contributed by atoms with Gasteiger partial charge in [-0.3, -0.25) is 0 Å². The molecule has 1 heterocycles. The van der Waals surface area contributed by atoms with Crippen LogP contribution in [0.2, 0.25) is 5.02 Å². The Labute approximate surface area is 116 Å². The van der Waals surface area contributed by atoms with Crippen molar-refractivity contribution in [1.82, 2.24) is 15.5 Å². The smallest absolute Gasteiger partial charge is 0.147 e. The molecule has 1 atom stereocenters. The standard InChI is InChI=1S/C13H16ClN3S/c1-4-15-9(3)12-16-17-13(18-12)10-6-5-8(2)11(14)7-10/h5-7,9,15H,4H2,1-3H3. The van der Waals surface area contributed by atoms with Crippen LogP contribution < -0.4 is 5.32 Å². The van der Waals surface area contributed by atoms with Crippen LogP contribution >= 0.6 is 22.9 Å². The Morgan fingerprint density at radius 3 is 2.83 bits per heavy atom. The molecule has 2 rings (SSSR count). The van der Waals surface area contributed by atoms with Crippen LogP contribution in [0.5, 0.6) is 0 Å². The van der Waals surface area contributed by atoms with Crippen LogP contribution in [0.25, 0.3) is 10.6 Å². The molecule has 3 nitrogen and oxygen atoms in total. The molecule has 0 aliphatic heterocycles. The van der Waals surface area contributed by atoms with Crippen LogP contribution in [0.1, 0.15) is 30.5 Å². The maximum absolute atomic E-state index is 6.13. The fraction of sp³-hybridized carbons (Fsp3) is 0.385. The van der Waals surface area contributed by atoms with E-state index >= 15 is 0 Å². The fourth-order valence-electron chi connectivity index (χ4n) is 1.65.